The normalized spacial score (nSPS) is 18.3. The molecule has 0 amide bonds. The minimum atomic E-state index is -1.14. The third-order valence-electron chi connectivity index (χ3n) is 4.49. The van der Waals surface area contributed by atoms with Crippen LogP contribution in [-0.4, -0.2) is 23.5 Å². The van der Waals surface area contributed by atoms with Gasteiger partial charge >= 0.3 is 5.97 Å². The molecule has 1 atom stereocenters. The van der Waals surface area contributed by atoms with Gasteiger partial charge in [0.1, 0.15) is 10.8 Å². The summed E-state index contributed by atoms with van der Waals surface area (Å²) >= 11 is 12.5. The molecule has 3 rings (SSSR count). The first-order valence-electron chi connectivity index (χ1n) is 7.80. The predicted octanol–water partition coefficient (Wildman–Crippen LogP) is 4.16. The van der Waals surface area contributed by atoms with Gasteiger partial charge in [-0.1, -0.05) is 53.5 Å². The van der Waals surface area contributed by atoms with E-state index in [0.29, 0.717) is 17.5 Å². The molecule has 6 heteroatoms. The van der Waals surface area contributed by atoms with Crippen LogP contribution in [0.15, 0.2) is 36.4 Å². The smallest absolute Gasteiger partial charge is 0.341 e. The van der Waals surface area contributed by atoms with Gasteiger partial charge < -0.3 is 9.84 Å². The minimum absolute atomic E-state index is 0.0181. The molecule has 2 aromatic carbocycles. The summed E-state index contributed by atoms with van der Waals surface area (Å²) in [5.74, 6) is 1.41. The Morgan fingerprint density at radius 3 is 2.58 bits per heavy atom. The molecule has 0 heterocycles. The molecule has 1 unspecified atom stereocenters. The maximum atomic E-state index is 13.3. The highest BCUT2D eigenvalue weighted by Gasteiger charge is 2.48. The van der Waals surface area contributed by atoms with E-state index < -0.39 is 18.0 Å². The summed E-state index contributed by atoms with van der Waals surface area (Å²) in [4.78, 5) is 24.0. The Labute approximate surface area is 160 Å². The molecule has 0 aliphatic heterocycles. The van der Waals surface area contributed by atoms with Crippen LogP contribution in [0.4, 0.5) is 0 Å². The molecule has 1 aliphatic carbocycles. The summed E-state index contributed by atoms with van der Waals surface area (Å²) in [5.41, 5.74) is 0.846. The van der Waals surface area contributed by atoms with Gasteiger partial charge in [0.05, 0.1) is 10.4 Å². The lowest BCUT2D eigenvalue weighted by Gasteiger charge is -2.25. The fourth-order valence-electron chi connectivity index (χ4n) is 3.34. The zero-order valence-electron chi connectivity index (χ0n) is 13.6. The van der Waals surface area contributed by atoms with E-state index in [1.807, 2.05) is 30.3 Å². The topological polar surface area (TPSA) is 63.6 Å². The highest BCUT2D eigenvalue weighted by atomic mass is 35.5. The largest absolute Gasteiger partial charge is 0.480 e. The molecule has 1 N–H and O–H groups in total. The summed E-state index contributed by atoms with van der Waals surface area (Å²) in [7, 11) is 0. The molecule has 132 valence electrons. The second kappa shape index (κ2) is 7.03. The minimum Gasteiger partial charge on any atom is -0.480 e. The Hall–Kier alpha value is -2.48. The van der Waals surface area contributed by atoms with E-state index in [0.717, 1.165) is 5.56 Å². The fraction of sp³-hybridized carbons (Fsp3) is 0.200. The van der Waals surface area contributed by atoms with Gasteiger partial charge in [-0.3, -0.25) is 4.79 Å². The van der Waals surface area contributed by atoms with Crippen LogP contribution in [0, 0.1) is 12.3 Å². The van der Waals surface area contributed by atoms with Gasteiger partial charge in [-0.15, -0.1) is 12.3 Å². The average molecular weight is 389 g/mol. The van der Waals surface area contributed by atoms with Crippen molar-refractivity contribution in [3.05, 3.63) is 63.1 Å². The number of carboxylic acids is 1. The Balaban J connectivity index is 2.12. The summed E-state index contributed by atoms with van der Waals surface area (Å²) in [6, 6.07) is 10.9. The number of rotatable bonds is 5. The van der Waals surface area contributed by atoms with Crippen LogP contribution in [0.1, 0.15) is 27.9 Å². The van der Waals surface area contributed by atoms with Crippen LogP contribution in [0.5, 0.6) is 5.75 Å². The van der Waals surface area contributed by atoms with Crippen LogP contribution in [-0.2, 0) is 16.6 Å². The number of benzene rings is 2. The number of halogens is 2. The average Bonchev–Trinajstić information content (AvgIpc) is 2.91. The summed E-state index contributed by atoms with van der Waals surface area (Å²) in [6.45, 7) is -0.559. The number of carboxylic acid groups (broad SMARTS) is 1. The van der Waals surface area contributed by atoms with E-state index in [4.69, 9.17) is 39.5 Å². The first-order valence-corrected chi connectivity index (χ1v) is 8.55. The number of carbonyl (C=O) groups is 2. The third-order valence-corrected chi connectivity index (χ3v) is 5.34. The molecule has 0 spiro atoms. The highest BCUT2D eigenvalue weighted by Crippen LogP contribution is 2.48. The number of terminal acetylenes is 1. The van der Waals surface area contributed by atoms with E-state index >= 15 is 0 Å². The molecule has 0 aromatic heterocycles. The van der Waals surface area contributed by atoms with Crippen LogP contribution in [0.25, 0.3) is 0 Å². The molecular weight excluding hydrogens is 375 g/mol. The van der Waals surface area contributed by atoms with Crippen molar-refractivity contribution in [3.8, 4) is 18.1 Å². The summed E-state index contributed by atoms with van der Waals surface area (Å²) in [6.07, 6.45) is 6.11. The monoisotopic (exact) mass is 388 g/mol. The standard InChI is InChI=1S/C20H14Cl2O4/c1-2-8-20(13-6-4-3-5-7-13)10-12-9-14(26-11-15(23)24)17(21)18(22)16(12)19(20)25/h1,3-7,9H,8,10-11H2,(H,23,24). The molecule has 0 saturated heterocycles. The number of hydrogen-bond acceptors (Lipinski definition) is 3. The van der Waals surface area contributed by atoms with Crippen molar-refractivity contribution in [1.82, 2.24) is 0 Å². The number of carbonyl (C=O) groups excluding carboxylic acids is 1. The zero-order chi connectivity index (χ0) is 18.9. The second-order valence-corrected chi connectivity index (χ2v) is 6.81. The predicted molar refractivity (Wildman–Crippen MR) is 99.2 cm³/mol. The number of hydrogen-bond donors (Lipinski definition) is 1. The lowest BCUT2D eigenvalue weighted by Crippen LogP contribution is -2.32. The van der Waals surface area contributed by atoms with Gasteiger partial charge in [0.15, 0.2) is 12.4 Å². The van der Waals surface area contributed by atoms with Crippen LogP contribution in [0.2, 0.25) is 10.0 Å². The van der Waals surface area contributed by atoms with Gasteiger partial charge in [-0.25, -0.2) is 4.79 Å². The van der Waals surface area contributed by atoms with Gasteiger partial charge in [-0.05, 0) is 23.6 Å². The van der Waals surface area contributed by atoms with E-state index in [1.54, 1.807) is 6.07 Å². The number of ether oxygens (including phenoxy) is 1. The molecule has 26 heavy (non-hydrogen) atoms. The van der Waals surface area contributed by atoms with Gasteiger partial charge in [-0.2, -0.15) is 0 Å². The second-order valence-electron chi connectivity index (χ2n) is 6.05. The maximum Gasteiger partial charge on any atom is 0.341 e. The van der Waals surface area contributed by atoms with Crippen LogP contribution < -0.4 is 4.74 Å². The zero-order valence-corrected chi connectivity index (χ0v) is 15.1. The van der Waals surface area contributed by atoms with E-state index in [1.165, 1.54) is 0 Å². The van der Waals surface area contributed by atoms with Crippen molar-refractivity contribution in [2.75, 3.05) is 6.61 Å². The maximum absolute atomic E-state index is 13.3. The lowest BCUT2D eigenvalue weighted by atomic mass is 9.74. The molecule has 2 aromatic rings. The van der Waals surface area contributed by atoms with Gasteiger partial charge in [0, 0.05) is 12.0 Å². The SMILES string of the molecule is C#CCC1(c2ccccc2)Cc2cc(OCC(=O)O)c(Cl)c(Cl)c2C1=O. The van der Waals surface area contributed by atoms with Crippen molar-refractivity contribution in [2.24, 2.45) is 0 Å². The quantitative estimate of drug-likeness (QED) is 0.781. The van der Waals surface area contributed by atoms with Crippen molar-refractivity contribution >= 4 is 35.0 Å². The van der Waals surface area contributed by atoms with Crippen LogP contribution in [0.3, 0.4) is 0 Å². The first-order chi connectivity index (χ1) is 12.4. The number of Topliss-reactive ketones (excluding diaryl/α,β-unsaturated/α-hetero) is 1. The van der Waals surface area contributed by atoms with Crippen molar-refractivity contribution in [2.45, 2.75) is 18.3 Å². The van der Waals surface area contributed by atoms with Crippen molar-refractivity contribution in [1.29, 1.82) is 0 Å². The van der Waals surface area contributed by atoms with E-state index in [2.05, 4.69) is 5.92 Å². The molecule has 1 aliphatic rings. The molecular formula is C20H14Cl2O4. The number of aliphatic carboxylic acids is 1. The van der Waals surface area contributed by atoms with Crippen molar-refractivity contribution in [3.63, 3.8) is 0 Å². The van der Waals surface area contributed by atoms with E-state index in [9.17, 15) is 9.59 Å². The Morgan fingerprint density at radius 1 is 1.27 bits per heavy atom. The van der Waals surface area contributed by atoms with Crippen molar-refractivity contribution < 1.29 is 19.4 Å². The Kier molecular flexibility index (Phi) is 4.95. The Morgan fingerprint density at radius 2 is 1.96 bits per heavy atom. The summed E-state index contributed by atoms with van der Waals surface area (Å²) < 4.78 is 5.21. The number of fused-ring (bicyclic) bond motifs is 1. The first kappa shape index (κ1) is 18.3. The number of ketones is 1. The van der Waals surface area contributed by atoms with Gasteiger partial charge in [0.2, 0.25) is 0 Å². The van der Waals surface area contributed by atoms with Gasteiger partial charge in [0.25, 0.3) is 0 Å². The Bertz CT molecular complexity index is 931. The summed E-state index contributed by atoms with van der Waals surface area (Å²) in [5, 5.41) is 8.87. The molecule has 0 fully saturated rings. The van der Waals surface area contributed by atoms with Crippen LogP contribution >= 0.6 is 23.2 Å². The highest BCUT2D eigenvalue weighted by molar-refractivity contribution is 6.45. The lowest BCUT2D eigenvalue weighted by molar-refractivity contribution is -0.139. The fourth-order valence-corrected chi connectivity index (χ4v) is 3.84. The third kappa shape index (κ3) is 2.94. The molecule has 4 nitrogen and oxygen atoms in total. The van der Waals surface area contributed by atoms with E-state index in [-0.39, 0.29) is 28.0 Å². The molecule has 0 bridgehead atoms. The molecule has 0 saturated carbocycles. The molecule has 0 radical (unpaired) electrons.